The van der Waals surface area contributed by atoms with Crippen LogP contribution in [0.1, 0.15) is 33.5 Å². The Bertz CT molecular complexity index is 609. The summed E-state index contributed by atoms with van der Waals surface area (Å²) in [4.78, 5) is 19.1. The van der Waals surface area contributed by atoms with Crippen molar-refractivity contribution in [3.05, 3.63) is 45.4 Å². The standard InChI is InChI=1S/C15H18N2O2S/c1-4-17(9-12-6-5-7-20-12)13-8-10(2)16-11(3)14(13)15(18)19/h5-8H,4,9H2,1-3H3,(H,18,19). The van der Waals surface area contributed by atoms with Gasteiger partial charge < -0.3 is 10.0 Å². The highest BCUT2D eigenvalue weighted by atomic mass is 32.1. The average molecular weight is 290 g/mol. The molecular formula is C15H18N2O2S. The van der Waals surface area contributed by atoms with Crippen LogP contribution >= 0.6 is 11.3 Å². The second kappa shape index (κ2) is 6.05. The Kier molecular flexibility index (Phi) is 4.39. The second-order valence-corrected chi connectivity index (χ2v) is 5.67. The third kappa shape index (κ3) is 2.99. The van der Waals surface area contributed by atoms with Crippen molar-refractivity contribution >= 4 is 23.0 Å². The first kappa shape index (κ1) is 14.5. The van der Waals surface area contributed by atoms with Gasteiger partial charge in [-0.3, -0.25) is 4.98 Å². The quantitative estimate of drug-likeness (QED) is 0.916. The molecule has 0 radical (unpaired) electrons. The highest BCUT2D eigenvalue weighted by molar-refractivity contribution is 7.09. The molecule has 0 unspecified atom stereocenters. The summed E-state index contributed by atoms with van der Waals surface area (Å²) in [5.41, 5.74) is 2.46. The Morgan fingerprint density at radius 1 is 1.45 bits per heavy atom. The maximum absolute atomic E-state index is 11.5. The minimum atomic E-state index is -0.922. The minimum absolute atomic E-state index is 0.300. The molecule has 0 aliphatic rings. The molecule has 0 spiro atoms. The Balaban J connectivity index is 2.45. The zero-order valence-corrected chi connectivity index (χ0v) is 12.7. The number of carboxylic acid groups (broad SMARTS) is 1. The van der Waals surface area contributed by atoms with E-state index in [1.165, 1.54) is 4.88 Å². The number of aromatic carboxylic acids is 1. The number of anilines is 1. The summed E-state index contributed by atoms with van der Waals surface area (Å²) < 4.78 is 0. The van der Waals surface area contributed by atoms with Crippen molar-refractivity contribution in [3.63, 3.8) is 0 Å². The van der Waals surface area contributed by atoms with Crippen LogP contribution in [0.25, 0.3) is 0 Å². The molecule has 0 aliphatic carbocycles. The van der Waals surface area contributed by atoms with E-state index in [1.807, 2.05) is 31.4 Å². The molecule has 0 aliphatic heterocycles. The number of hydrogen-bond donors (Lipinski definition) is 1. The fraction of sp³-hybridized carbons (Fsp3) is 0.333. The first-order valence-electron chi connectivity index (χ1n) is 6.51. The van der Waals surface area contributed by atoms with Crippen molar-refractivity contribution in [3.8, 4) is 0 Å². The Hall–Kier alpha value is -1.88. The number of rotatable bonds is 5. The molecule has 20 heavy (non-hydrogen) atoms. The SMILES string of the molecule is CCN(Cc1cccs1)c1cc(C)nc(C)c1C(=O)O. The van der Waals surface area contributed by atoms with Crippen molar-refractivity contribution in [1.29, 1.82) is 0 Å². The van der Waals surface area contributed by atoms with Crippen LogP contribution in [-0.4, -0.2) is 22.6 Å². The van der Waals surface area contributed by atoms with Crippen molar-refractivity contribution in [1.82, 2.24) is 4.98 Å². The van der Waals surface area contributed by atoms with E-state index in [-0.39, 0.29) is 0 Å². The predicted octanol–water partition coefficient (Wildman–Crippen LogP) is 3.48. The molecule has 5 heteroatoms. The molecule has 1 N–H and O–H groups in total. The molecule has 0 atom stereocenters. The number of carboxylic acids is 1. The molecular weight excluding hydrogens is 272 g/mol. The number of carbonyl (C=O) groups is 1. The van der Waals surface area contributed by atoms with Crippen LogP contribution in [0.4, 0.5) is 5.69 Å². The summed E-state index contributed by atoms with van der Waals surface area (Å²) in [6.07, 6.45) is 0. The first-order valence-corrected chi connectivity index (χ1v) is 7.39. The van der Waals surface area contributed by atoms with Crippen LogP contribution in [0.15, 0.2) is 23.6 Å². The molecule has 0 saturated carbocycles. The molecule has 2 rings (SSSR count). The van der Waals surface area contributed by atoms with Crippen LogP contribution in [-0.2, 0) is 6.54 Å². The van der Waals surface area contributed by atoms with Gasteiger partial charge in [0.25, 0.3) is 0 Å². The van der Waals surface area contributed by atoms with E-state index < -0.39 is 5.97 Å². The van der Waals surface area contributed by atoms with Gasteiger partial charge in [-0.25, -0.2) is 4.79 Å². The smallest absolute Gasteiger partial charge is 0.339 e. The van der Waals surface area contributed by atoms with Gasteiger partial charge in [0.05, 0.1) is 17.9 Å². The molecule has 0 aromatic carbocycles. The number of thiophene rings is 1. The lowest BCUT2D eigenvalue weighted by molar-refractivity contribution is 0.0696. The molecule has 2 aromatic heterocycles. The third-order valence-electron chi connectivity index (χ3n) is 3.17. The number of nitrogens with zero attached hydrogens (tertiary/aromatic N) is 2. The minimum Gasteiger partial charge on any atom is -0.478 e. The molecule has 4 nitrogen and oxygen atoms in total. The molecule has 0 amide bonds. The van der Waals surface area contributed by atoms with Gasteiger partial charge in [0.2, 0.25) is 0 Å². The van der Waals surface area contributed by atoms with Crippen molar-refractivity contribution < 1.29 is 9.90 Å². The van der Waals surface area contributed by atoms with E-state index in [9.17, 15) is 9.90 Å². The van der Waals surface area contributed by atoms with E-state index in [0.29, 0.717) is 11.3 Å². The van der Waals surface area contributed by atoms with Gasteiger partial charge in [0.1, 0.15) is 5.56 Å². The summed E-state index contributed by atoms with van der Waals surface area (Å²) in [7, 11) is 0. The van der Waals surface area contributed by atoms with Crippen molar-refractivity contribution in [2.24, 2.45) is 0 Å². The number of hydrogen-bond acceptors (Lipinski definition) is 4. The van der Waals surface area contributed by atoms with Gasteiger partial charge in [-0.05, 0) is 38.3 Å². The topological polar surface area (TPSA) is 53.4 Å². The zero-order chi connectivity index (χ0) is 14.7. The molecule has 0 saturated heterocycles. The third-order valence-corrected chi connectivity index (χ3v) is 4.03. The van der Waals surface area contributed by atoms with Gasteiger partial charge in [-0.2, -0.15) is 0 Å². The summed E-state index contributed by atoms with van der Waals surface area (Å²) in [5.74, 6) is -0.922. The second-order valence-electron chi connectivity index (χ2n) is 4.64. The van der Waals surface area contributed by atoms with Gasteiger partial charge in [-0.1, -0.05) is 6.07 Å². The molecule has 0 bridgehead atoms. The van der Waals surface area contributed by atoms with Crippen LogP contribution in [0.3, 0.4) is 0 Å². The van der Waals surface area contributed by atoms with E-state index in [1.54, 1.807) is 18.3 Å². The summed E-state index contributed by atoms with van der Waals surface area (Å²) >= 11 is 1.68. The van der Waals surface area contributed by atoms with Crippen LogP contribution in [0.5, 0.6) is 0 Å². The number of aromatic nitrogens is 1. The first-order chi connectivity index (χ1) is 9.52. The fourth-order valence-corrected chi connectivity index (χ4v) is 3.00. The summed E-state index contributed by atoms with van der Waals surface area (Å²) in [5, 5.41) is 11.5. The molecule has 2 aromatic rings. The van der Waals surface area contributed by atoms with E-state index in [2.05, 4.69) is 16.0 Å². The Morgan fingerprint density at radius 2 is 2.20 bits per heavy atom. The molecule has 2 heterocycles. The summed E-state index contributed by atoms with van der Waals surface area (Å²) in [6.45, 7) is 7.14. The van der Waals surface area contributed by atoms with Gasteiger partial charge in [0.15, 0.2) is 0 Å². The predicted molar refractivity (Wildman–Crippen MR) is 81.7 cm³/mol. The van der Waals surface area contributed by atoms with Crippen LogP contribution in [0.2, 0.25) is 0 Å². The number of pyridine rings is 1. The van der Waals surface area contributed by atoms with Crippen molar-refractivity contribution in [2.45, 2.75) is 27.3 Å². The largest absolute Gasteiger partial charge is 0.478 e. The van der Waals surface area contributed by atoms with Gasteiger partial charge >= 0.3 is 5.97 Å². The monoisotopic (exact) mass is 290 g/mol. The van der Waals surface area contributed by atoms with Gasteiger partial charge in [-0.15, -0.1) is 11.3 Å². The van der Waals surface area contributed by atoms with Gasteiger partial charge in [0, 0.05) is 17.1 Å². The summed E-state index contributed by atoms with van der Waals surface area (Å²) in [6, 6.07) is 5.93. The fourth-order valence-electron chi connectivity index (χ4n) is 2.28. The van der Waals surface area contributed by atoms with E-state index in [4.69, 9.17) is 0 Å². The van der Waals surface area contributed by atoms with E-state index in [0.717, 1.165) is 24.5 Å². The molecule has 0 fully saturated rings. The van der Waals surface area contributed by atoms with Crippen molar-refractivity contribution in [2.75, 3.05) is 11.4 Å². The lowest BCUT2D eigenvalue weighted by Crippen LogP contribution is -2.25. The maximum Gasteiger partial charge on any atom is 0.339 e. The Morgan fingerprint density at radius 3 is 2.75 bits per heavy atom. The average Bonchev–Trinajstić information content (AvgIpc) is 2.87. The zero-order valence-electron chi connectivity index (χ0n) is 11.9. The highest BCUT2D eigenvalue weighted by Gasteiger charge is 2.19. The number of aryl methyl sites for hydroxylation is 2. The van der Waals surface area contributed by atoms with Crippen LogP contribution < -0.4 is 4.90 Å². The lowest BCUT2D eigenvalue weighted by Gasteiger charge is -2.25. The molecule has 106 valence electrons. The van der Waals surface area contributed by atoms with Crippen LogP contribution in [0, 0.1) is 13.8 Å². The maximum atomic E-state index is 11.5. The Labute approximate surface area is 122 Å². The highest BCUT2D eigenvalue weighted by Crippen LogP contribution is 2.26. The lowest BCUT2D eigenvalue weighted by atomic mass is 10.1. The normalized spacial score (nSPS) is 10.6. The van der Waals surface area contributed by atoms with E-state index >= 15 is 0 Å².